The molecular weight excluding hydrogens is 328 g/mol. The van der Waals surface area contributed by atoms with Gasteiger partial charge in [0.1, 0.15) is 5.75 Å². The van der Waals surface area contributed by atoms with Crippen LogP contribution in [-0.2, 0) is 16.0 Å². The zero-order valence-electron chi connectivity index (χ0n) is 16.2. The molecule has 0 aliphatic carbocycles. The Morgan fingerprint density at radius 1 is 1.23 bits per heavy atom. The first kappa shape index (κ1) is 18.7. The van der Waals surface area contributed by atoms with Crippen LogP contribution in [0.5, 0.6) is 5.75 Å². The van der Waals surface area contributed by atoms with E-state index >= 15 is 0 Å². The van der Waals surface area contributed by atoms with Crippen molar-refractivity contribution < 1.29 is 14.3 Å². The average molecular weight is 358 g/mol. The molecule has 0 radical (unpaired) electrons. The van der Waals surface area contributed by atoms with Gasteiger partial charge in [0.2, 0.25) is 11.8 Å². The number of methoxy groups -OCH3 is 1. The Balaban J connectivity index is 1.70. The highest BCUT2D eigenvalue weighted by molar-refractivity contribution is 5.86. The van der Waals surface area contributed by atoms with Gasteiger partial charge in [-0.15, -0.1) is 0 Å². The van der Waals surface area contributed by atoms with Gasteiger partial charge in [-0.05, 0) is 50.7 Å². The SMILES string of the molecule is COc1ccccc1CCC(=O)N1CCC[C@@]2(CCCN(C)C2=O)[C@@H]1C. The van der Waals surface area contributed by atoms with Crippen LogP contribution in [0.1, 0.15) is 44.6 Å². The highest BCUT2D eigenvalue weighted by Gasteiger charge is 2.51. The zero-order valence-corrected chi connectivity index (χ0v) is 16.2. The predicted molar refractivity (Wildman–Crippen MR) is 101 cm³/mol. The lowest BCUT2D eigenvalue weighted by Gasteiger charge is -2.51. The number of likely N-dealkylation sites (tertiary alicyclic amines) is 2. The molecule has 2 atom stereocenters. The molecule has 142 valence electrons. The summed E-state index contributed by atoms with van der Waals surface area (Å²) in [5, 5.41) is 0. The van der Waals surface area contributed by atoms with E-state index in [2.05, 4.69) is 6.92 Å². The molecule has 1 spiro atoms. The fourth-order valence-corrected chi connectivity index (χ4v) is 4.74. The van der Waals surface area contributed by atoms with E-state index in [9.17, 15) is 9.59 Å². The average Bonchev–Trinajstić information content (AvgIpc) is 2.66. The summed E-state index contributed by atoms with van der Waals surface area (Å²) in [6, 6.07) is 7.81. The fourth-order valence-electron chi connectivity index (χ4n) is 4.74. The third-order valence-electron chi connectivity index (χ3n) is 6.30. The second-order valence-corrected chi connectivity index (χ2v) is 7.66. The van der Waals surface area contributed by atoms with Gasteiger partial charge in [-0.3, -0.25) is 9.59 Å². The van der Waals surface area contributed by atoms with Gasteiger partial charge < -0.3 is 14.5 Å². The first-order valence-corrected chi connectivity index (χ1v) is 9.66. The van der Waals surface area contributed by atoms with Gasteiger partial charge in [-0.2, -0.15) is 0 Å². The first-order chi connectivity index (χ1) is 12.5. The lowest BCUT2D eigenvalue weighted by molar-refractivity contribution is -0.158. The van der Waals surface area contributed by atoms with Gasteiger partial charge in [0.15, 0.2) is 0 Å². The molecule has 2 heterocycles. The van der Waals surface area contributed by atoms with Crippen molar-refractivity contribution in [2.45, 2.75) is 51.5 Å². The molecule has 2 aliphatic heterocycles. The largest absolute Gasteiger partial charge is 0.496 e. The van der Waals surface area contributed by atoms with E-state index in [0.717, 1.165) is 50.1 Å². The van der Waals surface area contributed by atoms with Crippen molar-refractivity contribution in [1.82, 2.24) is 9.80 Å². The summed E-state index contributed by atoms with van der Waals surface area (Å²) in [5.74, 6) is 1.19. The van der Waals surface area contributed by atoms with E-state index in [4.69, 9.17) is 4.74 Å². The highest BCUT2D eigenvalue weighted by atomic mass is 16.5. The van der Waals surface area contributed by atoms with Crippen molar-refractivity contribution in [1.29, 1.82) is 0 Å². The molecule has 1 aromatic carbocycles. The van der Waals surface area contributed by atoms with Crippen molar-refractivity contribution in [3.8, 4) is 5.75 Å². The van der Waals surface area contributed by atoms with E-state index in [-0.39, 0.29) is 23.3 Å². The molecule has 0 aromatic heterocycles. The Hall–Kier alpha value is -2.04. The number of para-hydroxylation sites is 1. The lowest BCUT2D eigenvalue weighted by atomic mass is 9.68. The number of hydrogen-bond acceptors (Lipinski definition) is 3. The standard InChI is InChI=1S/C21H30N2O3/c1-16-21(12-6-14-22(2)20(21)25)13-7-15-23(16)19(24)11-10-17-8-4-5-9-18(17)26-3/h4-5,8-9,16H,6-7,10-15H2,1-3H3/t16-,21-/m0/s1. The molecule has 3 rings (SSSR count). The minimum atomic E-state index is -0.384. The molecule has 26 heavy (non-hydrogen) atoms. The number of benzene rings is 1. The molecular formula is C21H30N2O3. The number of piperidine rings is 2. The number of carbonyl (C=O) groups is 2. The van der Waals surface area contributed by atoms with E-state index in [1.165, 1.54) is 0 Å². The van der Waals surface area contributed by atoms with Gasteiger partial charge in [0.25, 0.3) is 0 Å². The Labute approximate surface area is 156 Å². The maximum atomic E-state index is 13.0. The molecule has 2 aliphatic rings. The van der Waals surface area contributed by atoms with Crippen molar-refractivity contribution in [3.63, 3.8) is 0 Å². The fraction of sp³-hybridized carbons (Fsp3) is 0.619. The summed E-state index contributed by atoms with van der Waals surface area (Å²) in [4.78, 5) is 29.7. The summed E-state index contributed by atoms with van der Waals surface area (Å²) < 4.78 is 5.39. The summed E-state index contributed by atoms with van der Waals surface area (Å²) in [6.07, 6.45) is 4.83. The number of hydrogen-bond donors (Lipinski definition) is 0. The monoisotopic (exact) mass is 358 g/mol. The molecule has 0 saturated carbocycles. The number of carbonyl (C=O) groups excluding carboxylic acids is 2. The molecule has 0 unspecified atom stereocenters. The maximum Gasteiger partial charge on any atom is 0.230 e. The highest BCUT2D eigenvalue weighted by Crippen LogP contribution is 2.44. The molecule has 0 N–H and O–H groups in total. The Morgan fingerprint density at radius 2 is 1.92 bits per heavy atom. The Kier molecular flexibility index (Phi) is 5.54. The van der Waals surface area contributed by atoms with Crippen LogP contribution in [0.25, 0.3) is 0 Å². The second-order valence-electron chi connectivity index (χ2n) is 7.66. The predicted octanol–water partition coefficient (Wildman–Crippen LogP) is 2.88. The van der Waals surface area contributed by atoms with E-state index < -0.39 is 0 Å². The van der Waals surface area contributed by atoms with Crippen molar-refractivity contribution in [2.24, 2.45) is 5.41 Å². The number of amides is 2. The van der Waals surface area contributed by atoms with Crippen LogP contribution in [0.2, 0.25) is 0 Å². The van der Waals surface area contributed by atoms with Crippen LogP contribution < -0.4 is 4.74 Å². The van der Waals surface area contributed by atoms with Crippen molar-refractivity contribution in [2.75, 3.05) is 27.2 Å². The minimum Gasteiger partial charge on any atom is -0.496 e. The number of ether oxygens (including phenoxy) is 1. The Morgan fingerprint density at radius 3 is 2.65 bits per heavy atom. The van der Waals surface area contributed by atoms with Gasteiger partial charge in [0.05, 0.1) is 12.5 Å². The maximum absolute atomic E-state index is 13.0. The van der Waals surface area contributed by atoms with Crippen molar-refractivity contribution >= 4 is 11.8 Å². The van der Waals surface area contributed by atoms with Gasteiger partial charge >= 0.3 is 0 Å². The van der Waals surface area contributed by atoms with E-state index in [0.29, 0.717) is 12.8 Å². The second kappa shape index (κ2) is 7.68. The topological polar surface area (TPSA) is 49.9 Å². The Bertz CT molecular complexity index is 671. The summed E-state index contributed by atoms with van der Waals surface area (Å²) in [5.41, 5.74) is 0.668. The third-order valence-corrected chi connectivity index (χ3v) is 6.30. The number of nitrogens with zero attached hydrogens (tertiary/aromatic N) is 2. The minimum absolute atomic E-state index is 0.0309. The molecule has 2 fully saturated rings. The van der Waals surface area contributed by atoms with Crippen LogP contribution in [-0.4, -0.2) is 54.9 Å². The molecule has 2 saturated heterocycles. The molecule has 2 amide bonds. The van der Waals surface area contributed by atoms with Crippen LogP contribution in [0, 0.1) is 5.41 Å². The summed E-state index contributed by atoms with van der Waals surface area (Å²) in [7, 11) is 3.54. The molecule has 1 aromatic rings. The van der Waals surface area contributed by atoms with Gasteiger partial charge in [-0.25, -0.2) is 0 Å². The molecule has 0 bridgehead atoms. The summed E-state index contributed by atoms with van der Waals surface area (Å²) in [6.45, 7) is 3.65. The molecule has 5 heteroatoms. The number of rotatable bonds is 4. The zero-order chi connectivity index (χ0) is 18.7. The van der Waals surface area contributed by atoms with E-state index in [1.54, 1.807) is 7.11 Å². The van der Waals surface area contributed by atoms with Crippen LogP contribution >= 0.6 is 0 Å². The number of aryl methyl sites for hydroxylation is 1. The van der Waals surface area contributed by atoms with Crippen molar-refractivity contribution in [3.05, 3.63) is 29.8 Å². The first-order valence-electron chi connectivity index (χ1n) is 9.66. The smallest absolute Gasteiger partial charge is 0.230 e. The van der Waals surface area contributed by atoms with Crippen LogP contribution in [0.15, 0.2) is 24.3 Å². The quantitative estimate of drug-likeness (QED) is 0.832. The summed E-state index contributed by atoms with van der Waals surface area (Å²) >= 11 is 0. The van der Waals surface area contributed by atoms with E-state index in [1.807, 2.05) is 41.1 Å². The normalized spacial score (nSPS) is 26.3. The molecule has 5 nitrogen and oxygen atoms in total. The lowest BCUT2D eigenvalue weighted by Crippen LogP contribution is -2.61. The third kappa shape index (κ3) is 3.31. The van der Waals surface area contributed by atoms with Gasteiger partial charge in [-0.1, -0.05) is 18.2 Å². The van der Waals surface area contributed by atoms with Crippen LogP contribution in [0.3, 0.4) is 0 Å². The van der Waals surface area contributed by atoms with Crippen LogP contribution in [0.4, 0.5) is 0 Å². The van der Waals surface area contributed by atoms with Gasteiger partial charge in [0, 0.05) is 32.6 Å².